The Kier molecular flexibility index (Phi) is 3.86. The average Bonchev–Trinajstić information content (AvgIpc) is 3.17. The molecule has 2 aromatic rings. The maximum atomic E-state index is 11.4. The predicted molar refractivity (Wildman–Crippen MR) is 101 cm³/mol. The van der Waals surface area contributed by atoms with Gasteiger partial charge in [0.1, 0.15) is 0 Å². The quantitative estimate of drug-likeness (QED) is 0.866. The number of amides is 1. The van der Waals surface area contributed by atoms with Crippen molar-refractivity contribution in [1.29, 1.82) is 0 Å². The molecule has 0 aromatic carbocycles. The lowest BCUT2D eigenvalue weighted by atomic mass is 10.1. The van der Waals surface area contributed by atoms with E-state index in [-0.39, 0.29) is 11.4 Å². The van der Waals surface area contributed by atoms with E-state index in [4.69, 9.17) is 0 Å². The highest BCUT2D eigenvalue weighted by Crippen LogP contribution is 2.44. The van der Waals surface area contributed by atoms with Gasteiger partial charge in [0.15, 0.2) is 0 Å². The largest absolute Gasteiger partial charge is 0.345 e. The second-order valence-corrected chi connectivity index (χ2v) is 7.99. The van der Waals surface area contributed by atoms with E-state index in [1.807, 2.05) is 24.7 Å². The van der Waals surface area contributed by atoms with Gasteiger partial charge in [-0.2, -0.15) is 0 Å². The maximum Gasteiger partial charge on any atom is 0.225 e. The summed E-state index contributed by atoms with van der Waals surface area (Å²) in [5.74, 6) is 0.863. The summed E-state index contributed by atoms with van der Waals surface area (Å²) in [6.45, 7) is 4.53. The minimum atomic E-state index is -0.215. The lowest BCUT2D eigenvalue weighted by Gasteiger charge is -2.34. The fraction of sp³-hybridized carbons (Fsp3) is 0.500. The van der Waals surface area contributed by atoms with Gasteiger partial charge in [0.05, 0.1) is 11.2 Å². The molecular formula is C20H24N6O. The molecule has 0 radical (unpaired) electrons. The molecule has 27 heavy (non-hydrogen) atoms. The van der Waals surface area contributed by atoms with Crippen molar-refractivity contribution in [2.45, 2.75) is 50.4 Å². The third-order valence-electron chi connectivity index (χ3n) is 6.03. The van der Waals surface area contributed by atoms with E-state index in [9.17, 15) is 4.79 Å². The molecule has 2 bridgehead atoms. The first-order chi connectivity index (χ1) is 13.1. The number of fused-ring (bicyclic) bond motifs is 2. The van der Waals surface area contributed by atoms with Crippen LogP contribution >= 0.6 is 0 Å². The van der Waals surface area contributed by atoms with E-state index < -0.39 is 0 Å². The third-order valence-corrected chi connectivity index (χ3v) is 6.03. The van der Waals surface area contributed by atoms with Gasteiger partial charge in [-0.05, 0) is 37.0 Å². The normalized spacial score (nSPS) is 25.6. The molecule has 2 atom stereocenters. The number of carbonyl (C=O) groups excluding carboxylic acids is 1. The molecule has 1 saturated carbocycles. The molecule has 3 aliphatic rings. The molecule has 2 saturated heterocycles. The molecule has 0 spiro atoms. The molecule has 1 aliphatic carbocycles. The van der Waals surface area contributed by atoms with Crippen molar-refractivity contribution in [3.8, 4) is 0 Å². The van der Waals surface area contributed by atoms with Crippen molar-refractivity contribution in [3.05, 3.63) is 48.0 Å². The van der Waals surface area contributed by atoms with Crippen LogP contribution in [0.5, 0.6) is 0 Å². The van der Waals surface area contributed by atoms with Gasteiger partial charge < -0.3 is 10.2 Å². The van der Waals surface area contributed by atoms with Crippen LogP contribution in [0.1, 0.15) is 37.4 Å². The fourth-order valence-corrected chi connectivity index (χ4v) is 4.57. The smallest absolute Gasteiger partial charge is 0.225 e. The summed E-state index contributed by atoms with van der Waals surface area (Å²) in [6.07, 6.45) is 8.73. The monoisotopic (exact) mass is 364 g/mol. The van der Waals surface area contributed by atoms with Gasteiger partial charge in [0, 0.05) is 57.2 Å². The zero-order chi connectivity index (χ0) is 18.4. The lowest BCUT2D eigenvalue weighted by Crippen LogP contribution is -2.46. The zero-order valence-electron chi connectivity index (χ0n) is 15.5. The summed E-state index contributed by atoms with van der Waals surface area (Å²) in [7, 11) is 0. The number of likely N-dealkylation sites (tertiary alicyclic amines) is 1. The summed E-state index contributed by atoms with van der Waals surface area (Å²) in [4.78, 5) is 29.8. The van der Waals surface area contributed by atoms with Gasteiger partial charge in [0.25, 0.3) is 0 Å². The summed E-state index contributed by atoms with van der Waals surface area (Å²) in [6, 6.07) is 7.15. The molecule has 2 aliphatic heterocycles. The number of nitrogens with one attached hydrogen (secondary N) is 1. The van der Waals surface area contributed by atoms with Crippen molar-refractivity contribution in [2.75, 3.05) is 18.0 Å². The Morgan fingerprint density at radius 1 is 1.19 bits per heavy atom. The number of aromatic nitrogens is 3. The Labute approximate surface area is 158 Å². The molecule has 140 valence electrons. The Bertz CT molecular complexity index is 835. The van der Waals surface area contributed by atoms with Gasteiger partial charge in [0.2, 0.25) is 11.9 Å². The minimum Gasteiger partial charge on any atom is -0.345 e. The molecular weight excluding hydrogens is 340 g/mol. The van der Waals surface area contributed by atoms with Crippen molar-refractivity contribution in [2.24, 2.45) is 0 Å². The number of pyridine rings is 1. The van der Waals surface area contributed by atoms with Crippen LogP contribution in [-0.2, 0) is 16.9 Å². The standard InChI is InChI=1S/C20H24N6O/c1-14(27)24-20(5-6-20)18-4-3-15(10-23-18)11-25-12-17-9-16(25)13-26(17)19-21-7-2-8-22-19/h2-4,7-8,10,16-17H,5-6,9,11-13H2,1H3,(H,24,27)/t16-,17-/m0/s1. The van der Waals surface area contributed by atoms with Crippen LogP contribution < -0.4 is 10.2 Å². The molecule has 0 unspecified atom stereocenters. The number of rotatable bonds is 5. The first-order valence-electron chi connectivity index (χ1n) is 9.65. The van der Waals surface area contributed by atoms with Crippen molar-refractivity contribution < 1.29 is 4.79 Å². The van der Waals surface area contributed by atoms with E-state index in [1.54, 1.807) is 6.92 Å². The lowest BCUT2D eigenvalue weighted by molar-refractivity contribution is -0.120. The molecule has 7 nitrogen and oxygen atoms in total. The van der Waals surface area contributed by atoms with Crippen molar-refractivity contribution in [3.63, 3.8) is 0 Å². The van der Waals surface area contributed by atoms with E-state index in [0.717, 1.165) is 44.1 Å². The second kappa shape index (κ2) is 6.27. The van der Waals surface area contributed by atoms with Crippen LogP contribution in [-0.4, -0.2) is 50.9 Å². The third kappa shape index (κ3) is 3.06. The maximum absolute atomic E-state index is 11.4. The van der Waals surface area contributed by atoms with Crippen LogP contribution in [0.15, 0.2) is 36.8 Å². The van der Waals surface area contributed by atoms with E-state index >= 15 is 0 Å². The number of nitrogens with zero attached hydrogens (tertiary/aromatic N) is 5. The van der Waals surface area contributed by atoms with Crippen LogP contribution in [0.4, 0.5) is 5.95 Å². The second-order valence-electron chi connectivity index (χ2n) is 7.99. The van der Waals surface area contributed by atoms with Crippen LogP contribution in [0.2, 0.25) is 0 Å². The number of piperazine rings is 1. The minimum absolute atomic E-state index is 0.0124. The average molecular weight is 364 g/mol. The van der Waals surface area contributed by atoms with Crippen molar-refractivity contribution >= 4 is 11.9 Å². The summed E-state index contributed by atoms with van der Waals surface area (Å²) < 4.78 is 0. The SMILES string of the molecule is CC(=O)NC1(c2ccc(CN3C[C@@H]4C[C@H]3CN4c3ncccn3)cn2)CC1. The molecule has 2 aromatic heterocycles. The van der Waals surface area contributed by atoms with Crippen LogP contribution in [0, 0.1) is 0 Å². The Morgan fingerprint density at radius 2 is 2.00 bits per heavy atom. The Balaban J connectivity index is 1.22. The highest BCUT2D eigenvalue weighted by atomic mass is 16.1. The summed E-state index contributed by atoms with van der Waals surface area (Å²) in [5.41, 5.74) is 2.00. The molecule has 4 heterocycles. The van der Waals surface area contributed by atoms with Gasteiger partial charge in [-0.1, -0.05) is 6.07 Å². The highest BCUT2D eigenvalue weighted by molar-refractivity contribution is 5.74. The van der Waals surface area contributed by atoms with Crippen molar-refractivity contribution in [1.82, 2.24) is 25.2 Å². The fourth-order valence-electron chi connectivity index (χ4n) is 4.57. The summed E-state index contributed by atoms with van der Waals surface area (Å²) in [5, 5.41) is 3.05. The van der Waals surface area contributed by atoms with Gasteiger partial charge in [-0.25, -0.2) is 9.97 Å². The summed E-state index contributed by atoms with van der Waals surface area (Å²) >= 11 is 0. The Hall–Kier alpha value is -2.54. The predicted octanol–water partition coefficient (Wildman–Crippen LogP) is 1.46. The molecule has 1 N–H and O–H groups in total. The molecule has 3 fully saturated rings. The number of anilines is 1. The first kappa shape index (κ1) is 16.6. The van der Waals surface area contributed by atoms with E-state index in [2.05, 4.69) is 42.2 Å². The van der Waals surface area contributed by atoms with Crippen LogP contribution in [0.3, 0.4) is 0 Å². The first-order valence-corrected chi connectivity index (χ1v) is 9.65. The van der Waals surface area contributed by atoms with Crippen LogP contribution in [0.25, 0.3) is 0 Å². The molecule has 7 heteroatoms. The van der Waals surface area contributed by atoms with E-state index in [0.29, 0.717) is 12.1 Å². The number of hydrogen-bond acceptors (Lipinski definition) is 6. The van der Waals surface area contributed by atoms with Gasteiger partial charge >= 0.3 is 0 Å². The highest BCUT2D eigenvalue weighted by Gasteiger charge is 2.47. The number of carbonyl (C=O) groups is 1. The zero-order valence-corrected chi connectivity index (χ0v) is 15.5. The number of hydrogen-bond donors (Lipinski definition) is 1. The molecule has 1 amide bonds. The van der Waals surface area contributed by atoms with E-state index in [1.165, 1.54) is 12.0 Å². The van der Waals surface area contributed by atoms with Gasteiger partial charge in [-0.15, -0.1) is 0 Å². The van der Waals surface area contributed by atoms with Gasteiger partial charge in [-0.3, -0.25) is 14.7 Å². The molecule has 5 rings (SSSR count). The topological polar surface area (TPSA) is 74.2 Å². The Morgan fingerprint density at radius 3 is 2.59 bits per heavy atom.